The van der Waals surface area contributed by atoms with Crippen molar-refractivity contribution in [2.45, 2.75) is 57.0 Å². The quantitative estimate of drug-likeness (QED) is 0.530. The maximum atomic E-state index is 5.65. The highest BCUT2D eigenvalue weighted by Gasteiger charge is 2.42. The van der Waals surface area contributed by atoms with Gasteiger partial charge in [0.05, 0.1) is 25.6 Å². The molecule has 4 rings (SSSR count). The highest BCUT2D eigenvalue weighted by Crippen LogP contribution is 2.26. The number of rotatable bonds is 3. The normalized spacial score (nSPS) is 36.0. The molecule has 0 amide bonds. The standard InChI is InChI=1S/C17H27N3S/c1-2-13-12-20-9-8-14(13)10-16(20)11-18-17(21)19-15-6-4-3-5-7-15/h1,13-16H,3-12H2,(H2,18,19,21)/p+1/t13-,14-,16+/m0/s1. The van der Waals surface area contributed by atoms with Crippen molar-refractivity contribution < 1.29 is 4.90 Å². The van der Waals surface area contributed by atoms with Crippen LogP contribution in [0.25, 0.3) is 0 Å². The van der Waals surface area contributed by atoms with Gasteiger partial charge in [-0.1, -0.05) is 25.2 Å². The van der Waals surface area contributed by atoms with Crippen molar-refractivity contribution in [3.05, 3.63) is 0 Å². The van der Waals surface area contributed by atoms with E-state index >= 15 is 0 Å². The van der Waals surface area contributed by atoms with Crippen molar-refractivity contribution in [3.8, 4) is 12.3 Å². The first-order valence-electron chi connectivity index (χ1n) is 8.61. The molecule has 1 unspecified atom stereocenters. The molecule has 4 fully saturated rings. The molecule has 0 spiro atoms. The monoisotopic (exact) mass is 306 g/mol. The number of hydrogen-bond donors (Lipinski definition) is 3. The summed E-state index contributed by atoms with van der Waals surface area (Å²) in [5.74, 6) is 4.26. The lowest BCUT2D eigenvalue weighted by Crippen LogP contribution is -3.20. The third-order valence-corrected chi connectivity index (χ3v) is 5.98. The van der Waals surface area contributed by atoms with Gasteiger partial charge >= 0.3 is 0 Å². The van der Waals surface area contributed by atoms with Gasteiger partial charge in [0.15, 0.2) is 5.11 Å². The number of piperidine rings is 3. The van der Waals surface area contributed by atoms with Crippen LogP contribution >= 0.6 is 12.2 Å². The Morgan fingerprint density at radius 3 is 2.71 bits per heavy atom. The van der Waals surface area contributed by atoms with Gasteiger partial charge in [0.1, 0.15) is 6.04 Å². The molecule has 4 aliphatic rings. The number of quaternary nitrogens is 1. The zero-order valence-corrected chi connectivity index (χ0v) is 13.7. The summed E-state index contributed by atoms with van der Waals surface area (Å²) in [6, 6.07) is 1.29. The Morgan fingerprint density at radius 2 is 2.05 bits per heavy atom. The molecule has 3 aliphatic heterocycles. The Morgan fingerprint density at radius 1 is 1.24 bits per heavy atom. The van der Waals surface area contributed by atoms with Crippen LogP contribution in [-0.2, 0) is 0 Å². The molecule has 4 heteroatoms. The van der Waals surface area contributed by atoms with Crippen molar-refractivity contribution in [1.82, 2.24) is 10.6 Å². The molecule has 3 nitrogen and oxygen atoms in total. The van der Waals surface area contributed by atoms with Crippen molar-refractivity contribution in [2.75, 3.05) is 19.6 Å². The molecule has 3 N–H and O–H groups in total. The number of fused-ring (bicyclic) bond motifs is 3. The second kappa shape index (κ2) is 6.98. The molecule has 0 aromatic carbocycles. The Balaban J connectivity index is 1.41. The average molecular weight is 306 g/mol. The summed E-state index contributed by atoms with van der Waals surface area (Å²) in [4.78, 5) is 1.69. The highest BCUT2D eigenvalue weighted by molar-refractivity contribution is 7.80. The fourth-order valence-electron chi connectivity index (χ4n) is 4.43. The van der Waals surface area contributed by atoms with E-state index in [2.05, 4.69) is 16.6 Å². The van der Waals surface area contributed by atoms with E-state index in [9.17, 15) is 0 Å². The van der Waals surface area contributed by atoms with E-state index in [1.165, 1.54) is 51.5 Å². The third kappa shape index (κ3) is 3.70. The highest BCUT2D eigenvalue weighted by atomic mass is 32.1. The fraction of sp³-hybridized carbons (Fsp3) is 0.824. The maximum absolute atomic E-state index is 5.65. The molecule has 2 bridgehead atoms. The molecule has 0 radical (unpaired) electrons. The molecule has 1 aliphatic carbocycles. The second-order valence-electron chi connectivity index (χ2n) is 7.06. The van der Waals surface area contributed by atoms with E-state index in [4.69, 9.17) is 18.6 Å². The SMILES string of the molecule is C#C[C@H]1C[NH+]2CC[C@H]1C[C@@H]2CNC(=S)NC1CCCCC1. The molecular formula is C17H28N3S+. The number of hydrogen-bond acceptors (Lipinski definition) is 1. The molecule has 3 saturated heterocycles. The summed E-state index contributed by atoms with van der Waals surface area (Å²) in [6.45, 7) is 3.45. The predicted octanol–water partition coefficient (Wildman–Crippen LogP) is 0.710. The van der Waals surface area contributed by atoms with Gasteiger partial charge in [-0.2, -0.15) is 0 Å². The van der Waals surface area contributed by atoms with E-state index in [0.29, 0.717) is 18.0 Å². The number of thiocarbonyl (C=S) groups is 1. The predicted molar refractivity (Wildman–Crippen MR) is 90.1 cm³/mol. The van der Waals surface area contributed by atoms with Crippen LogP contribution in [-0.4, -0.2) is 36.8 Å². The topological polar surface area (TPSA) is 28.5 Å². The van der Waals surface area contributed by atoms with Crippen LogP contribution in [0.2, 0.25) is 0 Å². The summed E-state index contributed by atoms with van der Waals surface area (Å²) < 4.78 is 0. The van der Waals surface area contributed by atoms with Crippen molar-refractivity contribution in [3.63, 3.8) is 0 Å². The van der Waals surface area contributed by atoms with Crippen LogP contribution in [0.5, 0.6) is 0 Å². The summed E-state index contributed by atoms with van der Waals surface area (Å²) in [5, 5.41) is 7.83. The van der Waals surface area contributed by atoms with E-state index in [0.717, 1.165) is 24.1 Å². The van der Waals surface area contributed by atoms with Gasteiger partial charge in [-0.3, -0.25) is 0 Å². The fourth-order valence-corrected chi connectivity index (χ4v) is 4.68. The molecule has 0 aromatic rings. The minimum atomic E-state index is 0.511. The third-order valence-electron chi connectivity index (χ3n) is 5.72. The van der Waals surface area contributed by atoms with Crippen LogP contribution in [0.4, 0.5) is 0 Å². The minimum absolute atomic E-state index is 0.511. The van der Waals surface area contributed by atoms with Gasteiger partial charge in [-0.05, 0) is 31.0 Å². The van der Waals surface area contributed by atoms with Gasteiger partial charge in [-0.15, -0.1) is 6.42 Å². The molecule has 116 valence electrons. The summed E-state index contributed by atoms with van der Waals surface area (Å²) in [6.07, 6.45) is 14.8. The molecular weight excluding hydrogens is 278 g/mol. The van der Waals surface area contributed by atoms with Crippen LogP contribution in [0.1, 0.15) is 44.9 Å². The zero-order valence-electron chi connectivity index (χ0n) is 12.9. The van der Waals surface area contributed by atoms with Crippen molar-refractivity contribution >= 4 is 17.3 Å². The van der Waals surface area contributed by atoms with E-state index < -0.39 is 0 Å². The largest absolute Gasteiger partial charge is 0.360 e. The molecule has 21 heavy (non-hydrogen) atoms. The second-order valence-corrected chi connectivity index (χ2v) is 7.46. The van der Waals surface area contributed by atoms with Gasteiger partial charge in [-0.25, -0.2) is 0 Å². The molecule has 0 aromatic heterocycles. The van der Waals surface area contributed by atoms with Crippen molar-refractivity contribution in [2.24, 2.45) is 11.8 Å². The van der Waals surface area contributed by atoms with Gasteiger partial charge in [0.25, 0.3) is 0 Å². The molecule has 1 saturated carbocycles. The Bertz CT molecular complexity index is 411. The first kappa shape index (κ1) is 15.1. The first-order chi connectivity index (χ1) is 10.3. The molecule has 4 atom stereocenters. The van der Waals surface area contributed by atoms with E-state index in [-0.39, 0.29) is 0 Å². The smallest absolute Gasteiger partial charge is 0.166 e. The average Bonchev–Trinajstić information content (AvgIpc) is 2.54. The molecule has 3 heterocycles. The first-order valence-corrected chi connectivity index (χ1v) is 9.02. The van der Waals surface area contributed by atoms with Crippen LogP contribution in [0.15, 0.2) is 0 Å². The Kier molecular flexibility index (Phi) is 5.03. The van der Waals surface area contributed by atoms with Crippen LogP contribution in [0, 0.1) is 24.2 Å². The Hall–Kier alpha value is -0.790. The van der Waals surface area contributed by atoms with Crippen LogP contribution < -0.4 is 15.5 Å². The van der Waals surface area contributed by atoms with E-state index in [1.807, 2.05) is 0 Å². The summed E-state index contributed by atoms with van der Waals surface area (Å²) in [7, 11) is 0. The number of nitrogens with one attached hydrogen (secondary N) is 3. The minimum Gasteiger partial charge on any atom is -0.360 e. The van der Waals surface area contributed by atoms with Crippen LogP contribution in [0.3, 0.4) is 0 Å². The Labute approximate surface area is 134 Å². The van der Waals surface area contributed by atoms with Gasteiger partial charge < -0.3 is 15.5 Å². The zero-order chi connectivity index (χ0) is 14.7. The number of terminal acetylenes is 1. The summed E-state index contributed by atoms with van der Waals surface area (Å²) in [5.41, 5.74) is 0. The lowest BCUT2D eigenvalue weighted by molar-refractivity contribution is -0.943. The van der Waals surface area contributed by atoms with Crippen molar-refractivity contribution in [1.29, 1.82) is 0 Å². The maximum Gasteiger partial charge on any atom is 0.166 e. The van der Waals surface area contributed by atoms with Gasteiger partial charge in [0.2, 0.25) is 0 Å². The van der Waals surface area contributed by atoms with Gasteiger partial charge in [0, 0.05) is 18.9 Å². The lowest BCUT2D eigenvalue weighted by atomic mass is 9.76. The summed E-state index contributed by atoms with van der Waals surface area (Å²) >= 11 is 5.47. The lowest BCUT2D eigenvalue weighted by Gasteiger charge is -2.45. The van der Waals surface area contributed by atoms with E-state index in [1.54, 1.807) is 4.90 Å².